The summed E-state index contributed by atoms with van der Waals surface area (Å²) in [6.07, 6.45) is 5.82. The Morgan fingerprint density at radius 2 is 2.00 bits per heavy atom. The van der Waals surface area contributed by atoms with Crippen LogP contribution in [0.3, 0.4) is 0 Å². The lowest BCUT2D eigenvalue weighted by Crippen LogP contribution is -2.49. The van der Waals surface area contributed by atoms with Gasteiger partial charge in [-0.1, -0.05) is 13.8 Å². The Kier molecular flexibility index (Phi) is 5.74. The van der Waals surface area contributed by atoms with E-state index in [-0.39, 0.29) is 0 Å². The minimum atomic E-state index is 0.312. The number of hydrogen-bond acceptors (Lipinski definition) is 3. The molecular weight excluding hydrogens is 312 g/mol. The standard InChI is InChI=1S/C20H30N4O/c1-4-23-15-17(18-6-5-8-21-20(18)23)7-9-22-10-12-24(13-11-22)19(25)14-16(2)3/h5-6,8,15-16H,4,7,9-14H2,1-3H3. The number of aryl methyl sites for hydroxylation is 1. The van der Waals surface area contributed by atoms with Crippen LogP contribution in [-0.4, -0.2) is 58.0 Å². The zero-order chi connectivity index (χ0) is 17.8. The van der Waals surface area contributed by atoms with Gasteiger partial charge in [-0.05, 0) is 37.0 Å². The smallest absolute Gasteiger partial charge is 0.222 e. The molecule has 1 amide bonds. The normalized spacial score (nSPS) is 16.1. The third-order valence-electron chi connectivity index (χ3n) is 5.06. The van der Waals surface area contributed by atoms with Gasteiger partial charge in [0.1, 0.15) is 5.65 Å². The molecule has 2 aromatic heterocycles. The molecule has 2 aromatic rings. The number of hydrogen-bond donors (Lipinski definition) is 0. The highest BCUT2D eigenvalue weighted by Crippen LogP contribution is 2.20. The van der Waals surface area contributed by atoms with E-state index < -0.39 is 0 Å². The topological polar surface area (TPSA) is 41.4 Å². The van der Waals surface area contributed by atoms with Crippen LogP contribution in [0.2, 0.25) is 0 Å². The molecule has 0 bridgehead atoms. The van der Waals surface area contributed by atoms with Crippen LogP contribution in [0, 0.1) is 5.92 Å². The first-order valence-electron chi connectivity index (χ1n) is 9.51. The Hall–Kier alpha value is -1.88. The van der Waals surface area contributed by atoms with Gasteiger partial charge in [0.15, 0.2) is 0 Å². The van der Waals surface area contributed by atoms with Crippen LogP contribution in [0.25, 0.3) is 11.0 Å². The lowest BCUT2D eigenvalue weighted by Gasteiger charge is -2.35. The van der Waals surface area contributed by atoms with E-state index in [1.807, 2.05) is 17.2 Å². The molecule has 3 rings (SSSR count). The minimum Gasteiger partial charge on any atom is -0.340 e. The predicted octanol–water partition coefficient (Wildman–Crippen LogP) is 2.79. The first kappa shape index (κ1) is 17.9. The number of piperazine rings is 1. The predicted molar refractivity (Wildman–Crippen MR) is 102 cm³/mol. The van der Waals surface area contributed by atoms with Crippen molar-refractivity contribution >= 4 is 16.9 Å². The molecule has 0 unspecified atom stereocenters. The number of carbonyl (C=O) groups is 1. The van der Waals surface area contributed by atoms with Crippen LogP contribution in [0.4, 0.5) is 0 Å². The van der Waals surface area contributed by atoms with Gasteiger partial charge in [0.05, 0.1) is 0 Å². The van der Waals surface area contributed by atoms with Crippen molar-refractivity contribution in [1.82, 2.24) is 19.4 Å². The van der Waals surface area contributed by atoms with Gasteiger partial charge in [0.2, 0.25) is 5.91 Å². The number of fused-ring (bicyclic) bond motifs is 1. The summed E-state index contributed by atoms with van der Waals surface area (Å²) in [7, 11) is 0. The van der Waals surface area contributed by atoms with Crippen LogP contribution in [-0.2, 0) is 17.8 Å². The second-order valence-electron chi connectivity index (χ2n) is 7.39. The van der Waals surface area contributed by atoms with Gasteiger partial charge in [0, 0.05) is 63.5 Å². The molecule has 0 aliphatic carbocycles. The summed E-state index contributed by atoms with van der Waals surface area (Å²) in [6.45, 7) is 12.1. The molecule has 5 nitrogen and oxygen atoms in total. The second-order valence-corrected chi connectivity index (χ2v) is 7.39. The summed E-state index contributed by atoms with van der Waals surface area (Å²) in [5, 5.41) is 1.27. The fourth-order valence-electron chi connectivity index (χ4n) is 3.61. The Bertz CT molecular complexity index is 714. The van der Waals surface area contributed by atoms with Crippen LogP contribution in [0.1, 0.15) is 32.8 Å². The molecule has 3 heterocycles. The quantitative estimate of drug-likeness (QED) is 0.810. The molecule has 136 valence electrons. The van der Waals surface area contributed by atoms with Crippen molar-refractivity contribution in [1.29, 1.82) is 0 Å². The molecule has 1 aliphatic rings. The lowest BCUT2D eigenvalue weighted by atomic mass is 10.1. The molecule has 0 aromatic carbocycles. The van der Waals surface area contributed by atoms with Crippen LogP contribution < -0.4 is 0 Å². The van der Waals surface area contributed by atoms with Gasteiger partial charge in [-0.15, -0.1) is 0 Å². The van der Waals surface area contributed by atoms with Gasteiger partial charge in [-0.3, -0.25) is 9.69 Å². The molecule has 0 saturated carbocycles. The highest BCUT2D eigenvalue weighted by atomic mass is 16.2. The van der Waals surface area contributed by atoms with Crippen LogP contribution >= 0.6 is 0 Å². The van der Waals surface area contributed by atoms with E-state index in [4.69, 9.17) is 0 Å². The summed E-state index contributed by atoms with van der Waals surface area (Å²) in [4.78, 5) is 21.2. The summed E-state index contributed by atoms with van der Waals surface area (Å²) >= 11 is 0. The SMILES string of the molecule is CCn1cc(CCN2CCN(C(=O)CC(C)C)CC2)c2cccnc21. The minimum absolute atomic E-state index is 0.312. The van der Waals surface area contributed by atoms with Crippen LogP contribution in [0.15, 0.2) is 24.5 Å². The zero-order valence-electron chi connectivity index (χ0n) is 15.7. The first-order chi connectivity index (χ1) is 12.1. The molecule has 5 heteroatoms. The van der Waals surface area contributed by atoms with Crippen molar-refractivity contribution in [3.05, 3.63) is 30.1 Å². The van der Waals surface area contributed by atoms with Crippen molar-refractivity contribution in [3.8, 4) is 0 Å². The molecule has 1 aliphatic heterocycles. The monoisotopic (exact) mass is 342 g/mol. The van der Waals surface area contributed by atoms with Gasteiger partial charge in [-0.25, -0.2) is 4.98 Å². The first-order valence-corrected chi connectivity index (χ1v) is 9.51. The Morgan fingerprint density at radius 3 is 2.68 bits per heavy atom. The third-order valence-corrected chi connectivity index (χ3v) is 5.06. The zero-order valence-corrected chi connectivity index (χ0v) is 15.7. The van der Waals surface area contributed by atoms with E-state index in [1.54, 1.807) is 0 Å². The summed E-state index contributed by atoms with van der Waals surface area (Å²) in [5.74, 6) is 0.752. The van der Waals surface area contributed by atoms with Crippen molar-refractivity contribution in [2.45, 2.75) is 40.2 Å². The Labute approximate surface area is 150 Å². The molecule has 25 heavy (non-hydrogen) atoms. The number of pyridine rings is 1. The number of nitrogens with zero attached hydrogens (tertiary/aromatic N) is 4. The van der Waals surface area contributed by atoms with Crippen LogP contribution in [0.5, 0.6) is 0 Å². The summed E-state index contributed by atoms with van der Waals surface area (Å²) in [5.41, 5.74) is 2.47. The molecule has 0 N–H and O–H groups in total. The van der Waals surface area contributed by atoms with Gasteiger partial charge in [0.25, 0.3) is 0 Å². The van der Waals surface area contributed by atoms with E-state index in [1.165, 1.54) is 10.9 Å². The maximum atomic E-state index is 12.2. The molecule has 0 radical (unpaired) electrons. The Balaban J connectivity index is 1.55. The van der Waals surface area contributed by atoms with E-state index in [0.29, 0.717) is 18.2 Å². The molecule has 0 spiro atoms. The molecule has 1 saturated heterocycles. The average molecular weight is 342 g/mol. The highest BCUT2D eigenvalue weighted by molar-refractivity contribution is 5.80. The van der Waals surface area contributed by atoms with Crippen molar-refractivity contribution in [2.24, 2.45) is 5.92 Å². The molecule has 0 atom stereocenters. The van der Waals surface area contributed by atoms with E-state index in [2.05, 4.69) is 47.5 Å². The largest absolute Gasteiger partial charge is 0.340 e. The Morgan fingerprint density at radius 1 is 1.24 bits per heavy atom. The molecule has 1 fully saturated rings. The average Bonchev–Trinajstić information content (AvgIpc) is 2.98. The van der Waals surface area contributed by atoms with Crippen molar-refractivity contribution in [3.63, 3.8) is 0 Å². The second kappa shape index (κ2) is 8.00. The van der Waals surface area contributed by atoms with Crippen molar-refractivity contribution < 1.29 is 4.79 Å². The fraction of sp³-hybridized carbons (Fsp3) is 0.600. The maximum Gasteiger partial charge on any atom is 0.222 e. The third kappa shape index (κ3) is 4.21. The van der Waals surface area contributed by atoms with E-state index in [0.717, 1.165) is 51.3 Å². The van der Waals surface area contributed by atoms with Gasteiger partial charge in [-0.2, -0.15) is 0 Å². The lowest BCUT2D eigenvalue weighted by molar-refractivity contribution is -0.133. The number of amides is 1. The number of rotatable bonds is 6. The summed E-state index contributed by atoms with van der Waals surface area (Å²) in [6, 6.07) is 4.19. The van der Waals surface area contributed by atoms with Gasteiger partial charge < -0.3 is 9.47 Å². The number of carbonyl (C=O) groups excluding carboxylic acids is 1. The molecular formula is C20H30N4O. The maximum absolute atomic E-state index is 12.2. The van der Waals surface area contributed by atoms with E-state index in [9.17, 15) is 4.79 Å². The number of aromatic nitrogens is 2. The van der Waals surface area contributed by atoms with E-state index >= 15 is 0 Å². The van der Waals surface area contributed by atoms with Crippen molar-refractivity contribution in [2.75, 3.05) is 32.7 Å². The summed E-state index contributed by atoms with van der Waals surface area (Å²) < 4.78 is 2.23. The fourth-order valence-corrected chi connectivity index (χ4v) is 3.61. The van der Waals surface area contributed by atoms with Gasteiger partial charge >= 0.3 is 0 Å². The highest BCUT2D eigenvalue weighted by Gasteiger charge is 2.21.